The summed E-state index contributed by atoms with van der Waals surface area (Å²) >= 11 is 1.53. The Morgan fingerprint density at radius 2 is 2.10 bits per heavy atom. The van der Waals surface area contributed by atoms with Crippen LogP contribution in [0.3, 0.4) is 0 Å². The number of hydrogen-bond donors (Lipinski definition) is 2. The largest absolute Gasteiger partial charge is 0.290 e. The quantitative estimate of drug-likeness (QED) is 0.394. The fourth-order valence-electron chi connectivity index (χ4n) is 1.78. The van der Waals surface area contributed by atoms with Crippen LogP contribution in [0.5, 0.6) is 0 Å². The molecule has 104 valence electrons. The third-order valence-electron chi connectivity index (χ3n) is 2.82. The van der Waals surface area contributed by atoms with Crippen molar-refractivity contribution in [3.8, 4) is 0 Å². The number of hydrogen-bond acceptors (Lipinski definition) is 3. The van der Waals surface area contributed by atoms with E-state index in [1.165, 1.54) is 30.0 Å². The molecule has 0 aliphatic rings. The van der Waals surface area contributed by atoms with Gasteiger partial charge in [-0.15, -0.1) is 11.8 Å². The van der Waals surface area contributed by atoms with Crippen molar-refractivity contribution in [3.63, 3.8) is 0 Å². The van der Waals surface area contributed by atoms with Crippen LogP contribution in [0.15, 0.2) is 47.4 Å². The minimum atomic E-state index is -0.424. The monoisotopic (exact) mass is 290 g/mol. The Labute approximate surface area is 121 Å². The summed E-state index contributed by atoms with van der Waals surface area (Å²) in [5, 5.41) is 0. The van der Waals surface area contributed by atoms with Crippen molar-refractivity contribution < 1.29 is 9.18 Å². The van der Waals surface area contributed by atoms with Crippen molar-refractivity contribution in [3.05, 3.63) is 65.0 Å². The average Bonchev–Trinajstić information content (AvgIpc) is 2.45. The van der Waals surface area contributed by atoms with Crippen LogP contribution < -0.4 is 11.3 Å². The first-order valence-corrected chi connectivity index (χ1v) is 7.07. The molecule has 0 heterocycles. The molecule has 0 fully saturated rings. The number of nitrogen functional groups attached to an aromatic ring is 1. The molecule has 0 unspecified atom stereocenters. The van der Waals surface area contributed by atoms with E-state index < -0.39 is 5.91 Å². The average molecular weight is 290 g/mol. The lowest BCUT2D eigenvalue weighted by Crippen LogP contribution is -2.30. The second-order valence-corrected chi connectivity index (χ2v) is 5.43. The van der Waals surface area contributed by atoms with Crippen molar-refractivity contribution in [1.29, 1.82) is 0 Å². The first-order valence-electron chi connectivity index (χ1n) is 6.09. The van der Waals surface area contributed by atoms with Gasteiger partial charge in [-0.05, 0) is 42.8 Å². The molecule has 0 radical (unpaired) electrons. The molecule has 0 saturated carbocycles. The van der Waals surface area contributed by atoms with E-state index in [1.54, 1.807) is 0 Å². The molecule has 0 saturated heterocycles. The van der Waals surface area contributed by atoms with E-state index in [9.17, 15) is 9.18 Å². The van der Waals surface area contributed by atoms with Crippen molar-refractivity contribution in [2.45, 2.75) is 17.6 Å². The van der Waals surface area contributed by atoms with Gasteiger partial charge in [-0.25, -0.2) is 10.2 Å². The highest BCUT2D eigenvalue weighted by atomic mass is 32.2. The van der Waals surface area contributed by atoms with Gasteiger partial charge in [0.15, 0.2) is 0 Å². The molecule has 3 nitrogen and oxygen atoms in total. The highest BCUT2D eigenvalue weighted by Gasteiger charge is 2.09. The second kappa shape index (κ2) is 6.54. The maximum Gasteiger partial charge on any atom is 0.265 e. The number of hydrazine groups is 1. The van der Waals surface area contributed by atoms with Crippen LogP contribution in [-0.2, 0) is 5.75 Å². The predicted molar refractivity (Wildman–Crippen MR) is 78.8 cm³/mol. The topological polar surface area (TPSA) is 55.1 Å². The smallest absolute Gasteiger partial charge is 0.265 e. The second-order valence-electron chi connectivity index (χ2n) is 4.38. The Balaban J connectivity index is 2.14. The van der Waals surface area contributed by atoms with Crippen LogP contribution in [0.25, 0.3) is 0 Å². The number of benzene rings is 2. The van der Waals surface area contributed by atoms with Gasteiger partial charge in [-0.2, -0.15) is 0 Å². The Hall–Kier alpha value is -1.85. The predicted octanol–water partition coefficient (Wildman–Crippen LogP) is 3.03. The summed E-state index contributed by atoms with van der Waals surface area (Å²) in [6, 6.07) is 12.2. The Bertz CT molecular complexity index is 631. The number of nitrogens with one attached hydrogen (secondary N) is 1. The van der Waals surface area contributed by atoms with Gasteiger partial charge in [0.05, 0.1) is 0 Å². The number of carbonyl (C=O) groups is 1. The highest BCUT2D eigenvalue weighted by Crippen LogP contribution is 2.25. The molecule has 3 N–H and O–H groups in total. The molecular formula is C15H15FN2OS. The Kier molecular flexibility index (Phi) is 4.76. The van der Waals surface area contributed by atoms with E-state index in [0.717, 1.165) is 10.5 Å². The van der Waals surface area contributed by atoms with Gasteiger partial charge < -0.3 is 0 Å². The number of thioether (sulfide) groups is 1. The standard InChI is InChI=1S/C15H15FN2OS/c1-10-3-2-4-13(7-10)20-9-12-8-11(15(19)18-17)5-6-14(12)16/h2-8H,9,17H2,1H3,(H,18,19). The molecule has 0 aliphatic heterocycles. The number of carbonyl (C=O) groups excluding carboxylic acids is 1. The van der Waals surface area contributed by atoms with Crippen LogP contribution in [0.1, 0.15) is 21.5 Å². The number of amides is 1. The van der Waals surface area contributed by atoms with E-state index in [4.69, 9.17) is 5.84 Å². The molecule has 0 aliphatic carbocycles. The Morgan fingerprint density at radius 1 is 1.30 bits per heavy atom. The zero-order valence-electron chi connectivity index (χ0n) is 11.0. The molecule has 5 heteroatoms. The van der Waals surface area contributed by atoms with E-state index in [2.05, 4.69) is 0 Å². The summed E-state index contributed by atoms with van der Waals surface area (Å²) in [4.78, 5) is 12.5. The van der Waals surface area contributed by atoms with E-state index >= 15 is 0 Å². The summed E-state index contributed by atoms with van der Waals surface area (Å²) in [6.07, 6.45) is 0. The van der Waals surface area contributed by atoms with Gasteiger partial charge in [0.1, 0.15) is 5.82 Å². The maximum atomic E-state index is 13.7. The normalized spacial score (nSPS) is 10.3. The minimum absolute atomic E-state index is 0.321. The van der Waals surface area contributed by atoms with Gasteiger partial charge in [0.25, 0.3) is 5.91 Å². The summed E-state index contributed by atoms with van der Waals surface area (Å²) in [7, 11) is 0. The number of rotatable bonds is 4. The third kappa shape index (κ3) is 3.59. The van der Waals surface area contributed by atoms with Gasteiger partial charge in [0, 0.05) is 16.2 Å². The van der Waals surface area contributed by atoms with Crippen LogP contribution in [0, 0.1) is 12.7 Å². The number of halogens is 1. The van der Waals surface area contributed by atoms with Crippen LogP contribution in [0.4, 0.5) is 4.39 Å². The molecule has 20 heavy (non-hydrogen) atoms. The molecule has 0 spiro atoms. The number of nitrogens with two attached hydrogens (primary N) is 1. The Morgan fingerprint density at radius 3 is 2.80 bits per heavy atom. The van der Waals surface area contributed by atoms with Crippen molar-refractivity contribution in [2.24, 2.45) is 5.84 Å². The fraction of sp³-hybridized carbons (Fsp3) is 0.133. The summed E-state index contributed by atoms with van der Waals surface area (Å²) < 4.78 is 13.7. The first kappa shape index (κ1) is 14.6. The molecule has 0 atom stereocenters. The zero-order chi connectivity index (χ0) is 14.5. The van der Waals surface area contributed by atoms with Crippen LogP contribution in [0.2, 0.25) is 0 Å². The molecule has 2 rings (SSSR count). The molecule has 0 aromatic heterocycles. The summed E-state index contributed by atoms with van der Waals surface area (Å²) in [5.41, 5.74) is 4.04. The fourth-order valence-corrected chi connectivity index (χ4v) is 2.76. The molecule has 2 aromatic carbocycles. The molecule has 1 amide bonds. The van der Waals surface area contributed by atoms with Crippen molar-refractivity contribution in [1.82, 2.24) is 5.43 Å². The highest BCUT2D eigenvalue weighted by molar-refractivity contribution is 7.98. The SMILES string of the molecule is Cc1cccc(SCc2cc(C(=O)NN)ccc2F)c1. The lowest BCUT2D eigenvalue weighted by Gasteiger charge is -2.07. The van der Waals surface area contributed by atoms with Crippen molar-refractivity contribution in [2.75, 3.05) is 0 Å². The minimum Gasteiger partial charge on any atom is -0.290 e. The molecule has 2 aromatic rings. The maximum absolute atomic E-state index is 13.7. The lowest BCUT2D eigenvalue weighted by atomic mass is 10.1. The van der Waals surface area contributed by atoms with E-state index in [0.29, 0.717) is 16.9 Å². The van der Waals surface area contributed by atoms with E-state index in [-0.39, 0.29) is 5.82 Å². The van der Waals surface area contributed by atoms with Crippen molar-refractivity contribution >= 4 is 17.7 Å². The summed E-state index contributed by atoms with van der Waals surface area (Å²) in [6.45, 7) is 2.01. The van der Waals surface area contributed by atoms with Gasteiger partial charge in [-0.3, -0.25) is 10.2 Å². The van der Waals surface area contributed by atoms with Gasteiger partial charge in [0.2, 0.25) is 0 Å². The van der Waals surface area contributed by atoms with E-state index in [1.807, 2.05) is 36.6 Å². The number of aryl methyl sites for hydroxylation is 1. The zero-order valence-corrected chi connectivity index (χ0v) is 11.8. The van der Waals surface area contributed by atoms with Gasteiger partial charge in [-0.1, -0.05) is 17.7 Å². The van der Waals surface area contributed by atoms with Gasteiger partial charge >= 0.3 is 0 Å². The molecular weight excluding hydrogens is 275 g/mol. The van der Waals surface area contributed by atoms with Crippen LogP contribution >= 0.6 is 11.8 Å². The third-order valence-corrected chi connectivity index (χ3v) is 3.87. The van der Waals surface area contributed by atoms with Crippen LogP contribution in [-0.4, -0.2) is 5.91 Å². The summed E-state index contributed by atoms with van der Waals surface area (Å²) in [5.74, 6) is 4.79. The first-order chi connectivity index (χ1) is 9.60. The lowest BCUT2D eigenvalue weighted by molar-refractivity contribution is 0.0953. The molecule has 0 bridgehead atoms.